The lowest BCUT2D eigenvalue weighted by atomic mass is 10.1. The van der Waals surface area contributed by atoms with Crippen LogP contribution in [0.4, 0.5) is 20.6 Å². The highest BCUT2D eigenvalue weighted by Crippen LogP contribution is 2.47. The van der Waals surface area contributed by atoms with Gasteiger partial charge in [0.05, 0.1) is 18.3 Å². The minimum absolute atomic E-state index is 0.0204. The van der Waals surface area contributed by atoms with Crippen LogP contribution in [0.15, 0.2) is 36.4 Å². The number of rotatable bonds is 10. The molecule has 2 aliphatic heterocycles. The lowest BCUT2D eigenvalue weighted by molar-refractivity contribution is -0.117. The molecule has 224 valence electrons. The van der Waals surface area contributed by atoms with Gasteiger partial charge in [0.15, 0.2) is 14.1 Å². The Bertz CT molecular complexity index is 1400. The molecule has 2 N–H and O–H groups in total. The van der Waals surface area contributed by atoms with Crippen LogP contribution >= 0.6 is 0 Å². The molecule has 1 fully saturated rings. The highest BCUT2D eigenvalue weighted by atomic mass is 32.2. The monoisotopic (exact) mass is 607 g/mol. The second kappa shape index (κ2) is 11.6. The van der Waals surface area contributed by atoms with Crippen LogP contribution in [0.2, 0.25) is 16.6 Å². The molecule has 0 bridgehead atoms. The first-order chi connectivity index (χ1) is 19.2. The van der Waals surface area contributed by atoms with Crippen LogP contribution in [0.3, 0.4) is 0 Å². The number of benzene rings is 2. The molecular weight excluding hydrogens is 569 g/mol. The van der Waals surface area contributed by atoms with Gasteiger partial charge < -0.3 is 14.3 Å². The van der Waals surface area contributed by atoms with Gasteiger partial charge in [-0.25, -0.2) is 18.2 Å². The molecule has 2 heterocycles. The summed E-state index contributed by atoms with van der Waals surface area (Å²) in [6.45, 7) is 12.2. The van der Waals surface area contributed by atoms with Crippen LogP contribution in [-0.2, 0) is 32.5 Å². The van der Waals surface area contributed by atoms with Crippen molar-refractivity contribution in [1.82, 2.24) is 4.72 Å². The largest absolute Gasteiger partial charge is 0.487 e. The van der Waals surface area contributed by atoms with Crippen LogP contribution in [0.25, 0.3) is 0 Å². The van der Waals surface area contributed by atoms with Gasteiger partial charge in [-0.2, -0.15) is 8.42 Å². The number of carbonyl (C=O) groups excluding carboxylic acids is 1. The molecule has 2 aliphatic rings. The van der Waals surface area contributed by atoms with Crippen LogP contribution in [0, 0.1) is 5.82 Å². The van der Waals surface area contributed by atoms with Crippen molar-refractivity contribution < 1.29 is 36.7 Å². The smallest absolute Gasteiger partial charge is 0.412 e. The van der Waals surface area contributed by atoms with Crippen molar-refractivity contribution in [1.29, 1.82) is 0 Å². The number of nitrogens with one attached hydrogen (secondary N) is 1. The van der Waals surface area contributed by atoms with E-state index in [1.165, 1.54) is 6.07 Å². The molecule has 0 aromatic heterocycles. The minimum atomic E-state index is -4.37. The number of nitrogens with zero attached hydrogens (tertiary/aromatic N) is 2. The number of hydrogen-bond donors (Lipinski definition) is 2. The van der Waals surface area contributed by atoms with Crippen molar-refractivity contribution in [3.05, 3.63) is 53.3 Å². The Labute approximate surface area is 241 Å². The Morgan fingerprint density at radius 2 is 1.73 bits per heavy atom. The maximum atomic E-state index is 16.4. The maximum Gasteiger partial charge on any atom is 0.412 e. The van der Waals surface area contributed by atoms with Crippen LogP contribution < -0.4 is 18.7 Å². The van der Waals surface area contributed by atoms with E-state index in [0.29, 0.717) is 4.31 Å². The molecule has 0 radical (unpaired) electrons. The lowest BCUT2D eigenvalue weighted by Gasteiger charge is -2.43. The average molecular weight is 608 g/mol. The molecule has 1 saturated heterocycles. The van der Waals surface area contributed by atoms with E-state index in [-0.39, 0.29) is 53.3 Å². The van der Waals surface area contributed by atoms with E-state index in [1.807, 2.05) is 10.8 Å². The third-order valence-corrected chi connectivity index (χ3v) is 15.6. The van der Waals surface area contributed by atoms with Crippen molar-refractivity contribution in [3.8, 4) is 5.75 Å². The predicted molar refractivity (Wildman–Crippen MR) is 157 cm³/mol. The summed E-state index contributed by atoms with van der Waals surface area (Å²) in [4.78, 5) is 25.7. The van der Waals surface area contributed by atoms with Crippen LogP contribution in [0.1, 0.15) is 52.7 Å². The Hall–Kier alpha value is -3.16. The number of halogens is 1. The topological polar surface area (TPSA) is 125 Å². The second-order valence-electron chi connectivity index (χ2n) is 11.5. The summed E-state index contributed by atoms with van der Waals surface area (Å²) < 4.78 is 57.0. The summed E-state index contributed by atoms with van der Waals surface area (Å²) in [6, 6.07) is 9.59. The highest BCUT2D eigenvalue weighted by molar-refractivity contribution is 7.92. The maximum absolute atomic E-state index is 16.4. The van der Waals surface area contributed by atoms with Crippen molar-refractivity contribution in [2.45, 2.75) is 77.2 Å². The third kappa shape index (κ3) is 5.66. The van der Waals surface area contributed by atoms with Crippen molar-refractivity contribution in [3.63, 3.8) is 0 Å². The van der Waals surface area contributed by atoms with Crippen molar-refractivity contribution >= 4 is 41.9 Å². The average Bonchev–Trinajstić information content (AvgIpc) is 3.38. The molecule has 13 heteroatoms. The zero-order chi connectivity index (χ0) is 30.3. The number of ether oxygens (including phenoxy) is 1. The number of hydrogen-bond acceptors (Lipinski definition) is 6. The zero-order valence-corrected chi connectivity index (χ0v) is 26.0. The third-order valence-electron chi connectivity index (χ3n) is 8.09. The number of amides is 2. The summed E-state index contributed by atoms with van der Waals surface area (Å²) in [5.41, 5.74) is 1.18. The molecule has 0 aliphatic carbocycles. The molecule has 0 saturated carbocycles. The predicted octanol–water partition coefficient (Wildman–Crippen LogP) is 5.19. The quantitative estimate of drug-likeness (QED) is 0.356. The number of fused-ring (bicyclic) bond motifs is 1. The van der Waals surface area contributed by atoms with Crippen LogP contribution in [0.5, 0.6) is 5.75 Å². The van der Waals surface area contributed by atoms with Gasteiger partial charge in [0.2, 0.25) is 0 Å². The molecule has 0 unspecified atom stereocenters. The molecule has 2 amide bonds. The summed E-state index contributed by atoms with van der Waals surface area (Å²) >= 11 is 0. The lowest BCUT2D eigenvalue weighted by Crippen LogP contribution is -2.51. The molecule has 10 nitrogen and oxygen atoms in total. The standard InChI is InChI=1S/C28H38FN3O7SSi/c1-17(2)41(18(3)4,19(5)6)39-16-21-12-22-23(32(21)28(34)35)13-24(38-15-20-10-8-7-9-11-20)27(26(22)29)31-14-25(33)30-40(31,36)37/h7-11,13,17-19,21H,12,14-16H2,1-6H3,(H,30,33)(H,34,35)/t21-/m1/s1. The number of anilines is 2. The first-order valence-corrected chi connectivity index (χ1v) is 17.3. The number of carbonyl (C=O) groups is 2. The van der Waals surface area contributed by atoms with Crippen molar-refractivity contribution in [2.24, 2.45) is 0 Å². The van der Waals surface area contributed by atoms with E-state index in [1.54, 1.807) is 24.3 Å². The summed E-state index contributed by atoms with van der Waals surface area (Å²) in [5, 5.41) is 10.2. The van der Waals surface area contributed by atoms with Gasteiger partial charge in [0, 0.05) is 18.1 Å². The van der Waals surface area contributed by atoms with Gasteiger partial charge in [0.25, 0.3) is 5.91 Å². The minimum Gasteiger partial charge on any atom is -0.487 e. The fraction of sp³-hybridized carbons (Fsp3) is 0.500. The fourth-order valence-electron chi connectivity index (χ4n) is 6.43. The Morgan fingerprint density at radius 1 is 1.12 bits per heavy atom. The molecule has 1 atom stereocenters. The first kappa shape index (κ1) is 30.8. The normalized spacial score (nSPS) is 18.4. The van der Waals surface area contributed by atoms with E-state index in [4.69, 9.17) is 9.16 Å². The van der Waals surface area contributed by atoms with E-state index < -0.39 is 54.6 Å². The Kier molecular flexibility index (Phi) is 8.72. The Balaban J connectivity index is 1.77. The van der Waals surface area contributed by atoms with E-state index in [0.717, 1.165) is 10.5 Å². The van der Waals surface area contributed by atoms with Gasteiger partial charge in [-0.05, 0) is 22.2 Å². The van der Waals surface area contributed by atoms with Gasteiger partial charge in [-0.3, -0.25) is 9.69 Å². The summed E-state index contributed by atoms with van der Waals surface area (Å²) in [5.74, 6) is -1.94. The summed E-state index contributed by atoms with van der Waals surface area (Å²) in [7, 11) is -6.74. The molecule has 41 heavy (non-hydrogen) atoms. The fourth-order valence-corrected chi connectivity index (χ4v) is 13.1. The van der Waals surface area contributed by atoms with Gasteiger partial charge >= 0.3 is 16.3 Å². The van der Waals surface area contributed by atoms with Crippen LogP contribution in [-0.4, -0.2) is 53.0 Å². The zero-order valence-electron chi connectivity index (χ0n) is 24.2. The molecule has 2 aromatic carbocycles. The molecular formula is C28H38FN3O7SSi. The van der Waals surface area contributed by atoms with Gasteiger partial charge in [0.1, 0.15) is 24.6 Å². The van der Waals surface area contributed by atoms with Gasteiger partial charge in [-0.1, -0.05) is 71.9 Å². The van der Waals surface area contributed by atoms with E-state index in [9.17, 15) is 23.1 Å². The highest BCUT2D eigenvalue weighted by Gasteiger charge is 2.48. The van der Waals surface area contributed by atoms with E-state index in [2.05, 4.69) is 41.5 Å². The molecule has 2 aromatic rings. The second-order valence-corrected chi connectivity index (χ2v) is 18.5. The molecule has 4 rings (SSSR count). The molecule has 0 spiro atoms. The SMILES string of the molecule is CC(C)[Si](OC[C@H]1Cc2c(cc(OCc3ccccc3)c(N3CC(=O)NS3(=O)=O)c2F)N1C(=O)O)(C(C)C)C(C)C. The number of carboxylic acid groups (broad SMARTS) is 1. The Morgan fingerprint density at radius 3 is 2.24 bits per heavy atom. The summed E-state index contributed by atoms with van der Waals surface area (Å²) in [6.07, 6.45) is -1.30. The van der Waals surface area contributed by atoms with Crippen molar-refractivity contribution in [2.75, 3.05) is 22.4 Å². The van der Waals surface area contributed by atoms with Gasteiger partial charge in [-0.15, -0.1) is 0 Å². The van der Waals surface area contributed by atoms with E-state index >= 15 is 4.39 Å². The first-order valence-electron chi connectivity index (χ1n) is 13.7.